The molecule has 1 aromatic heterocycles. The molecule has 0 spiro atoms. The molecule has 0 radical (unpaired) electrons. The molecule has 2 rings (SSSR count). The molecule has 1 aromatic rings. The fraction of sp³-hybridized carbons (Fsp3) is 0.600. The van der Waals surface area contributed by atoms with E-state index in [2.05, 4.69) is 11.4 Å². The normalized spacial score (nSPS) is 23.2. The Morgan fingerprint density at radius 2 is 2.54 bits per heavy atom. The lowest BCUT2D eigenvalue weighted by Gasteiger charge is -2.22. The zero-order valence-corrected chi connectivity index (χ0v) is 8.39. The third-order valence-electron chi connectivity index (χ3n) is 2.13. The van der Waals surface area contributed by atoms with Gasteiger partial charge in [-0.15, -0.1) is 11.3 Å². The van der Waals surface area contributed by atoms with Crippen LogP contribution in [-0.4, -0.2) is 12.9 Å². The zero-order valence-electron chi connectivity index (χ0n) is 7.57. The Balaban J connectivity index is 1.72. The highest BCUT2D eigenvalue weighted by atomic mass is 32.1. The molecular formula is C10H14O2S. The average Bonchev–Trinajstić information content (AvgIpc) is 2.69. The molecule has 1 unspecified atom stereocenters. The number of hydrogen-bond donors (Lipinski definition) is 0. The summed E-state index contributed by atoms with van der Waals surface area (Å²) in [5.74, 6) is 0. The van der Waals surface area contributed by atoms with Gasteiger partial charge >= 0.3 is 0 Å². The van der Waals surface area contributed by atoms with Gasteiger partial charge in [0, 0.05) is 11.5 Å². The smallest absolute Gasteiger partial charge is 0.158 e. The molecule has 0 amide bonds. The molecule has 0 aromatic carbocycles. The highest BCUT2D eigenvalue weighted by Gasteiger charge is 2.13. The molecule has 0 saturated carbocycles. The van der Waals surface area contributed by atoms with E-state index in [-0.39, 0.29) is 6.29 Å². The quantitative estimate of drug-likeness (QED) is 0.743. The van der Waals surface area contributed by atoms with Gasteiger partial charge in [-0.2, -0.15) is 0 Å². The van der Waals surface area contributed by atoms with Gasteiger partial charge in [0.25, 0.3) is 0 Å². The van der Waals surface area contributed by atoms with Gasteiger partial charge in [-0.05, 0) is 30.7 Å². The monoisotopic (exact) mass is 198 g/mol. The molecule has 13 heavy (non-hydrogen) atoms. The van der Waals surface area contributed by atoms with Gasteiger partial charge < -0.3 is 9.47 Å². The molecule has 1 saturated heterocycles. The third kappa shape index (κ3) is 2.79. The van der Waals surface area contributed by atoms with Crippen molar-refractivity contribution in [1.82, 2.24) is 0 Å². The van der Waals surface area contributed by atoms with Crippen LogP contribution in [0.4, 0.5) is 0 Å². The second-order valence-electron chi connectivity index (χ2n) is 3.19. The summed E-state index contributed by atoms with van der Waals surface area (Å²) >= 11 is 1.73. The summed E-state index contributed by atoms with van der Waals surface area (Å²) in [5, 5.41) is 2.07. The standard InChI is InChI=1S/C10H14O2S/c1-2-6-11-10(5-1)12-8-9-4-3-7-13-9/h3-4,7,10H,1-2,5-6,8H2. The summed E-state index contributed by atoms with van der Waals surface area (Å²) in [5.41, 5.74) is 0. The maximum Gasteiger partial charge on any atom is 0.158 e. The molecule has 3 heteroatoms. The first-order valence-corrected chi connectivity index (χ1v) is 5.59. The lowest BCUT2D eigenvalue weighted by molar-refractivity contribution is -0.168. The maximum atomic E-state index is 5.62. The van der Waals surface area contributed by atoms with E-state index in [9.17, 15) is 0 Å². The molecule has 1 aliphatic heterocycles. The van der Waals surface area contributed by atoms with Crippen molar-refractivity contribution in [2.24, 2.45) is 0 Å². The summed E-state index contributed by atoms with van der Waals surface area (Å²) in [6.07, 6.45) is 3.50. The second-order valence-corrected chi connectivity index (χ2v) is 4.22. The lowest BCUT2D eigenvalue weighted by Crippen LogP contribution is -2.21. The third-order valence-corrected chi connectivity index (χ3v) is 2.98. The summed E-state index contributed by atoms with van der Waals surface area (Å²) in [6, 6.07) is 4.14. The molecule has 0 aliphatic carbocycles. The SMILES string of the molecule is c1csc(COC2CCCCO2)c1. The van der Waals surface area contributed by atoms with Crippen LogP contribution in [0.5, 0.6) is 0 Å². The van der Waals surface area contributed by atoms with Gasteiger partial charge in [-0.1, -0.05) is 6.07 Å². The van der Waals surface area contributed by atoms with Crippen molar-refractivity contribution < 1.29 is 9.47 Å². The van der Waals surface area contributed by atoms with Gasteiger partial charge in [-0.3, -0.25) is 0 Å². The molecule has 1 aliphatic rings. The van der Waals surface area contributed by atoms with Crippen molar-refractivity contribution in [3.8, 4) is 0 Å². The fourth-order valence-corrected chi connectivity index (χ4v) is 2.04. The molecule has 1 fully saturated rings. The number of hydrogen-bond acceptors (Lipinski definition) is 3. The summed E-state index contributed by atoms with van der Waals surface area (Å²) in [6.45, 7) is 1.55. The average molecular weight is 198 g/mol. The van der Waals surface area contributed by atoms with Crippen LogP contribution in [0.1, 0.15) is 24.1 Å². The van der Waals surface area contributed by atoms with E-state index >= 15 is 0 Å². The minimum Gasteiger partial charge on any atom is -0.353 e. The minimum atomic E-state index is 0.0378. The minimum absolute atomic E-state index is 0.0378. The Labute approximate surface area is 82.5 Å². The van der Waals surface area contributed by atoms with E-state index in [0.717, 1.165) is 13.0 Å². The first kappa shape index (κ1) is 9.19. The topological polar surface area (TPSA) is 18.5 Å². The fourth-order valence-electron chi connectivity index (χ4n) is 1.41. The second kappa shape index (κ2) is 4.74. The van der Waals surface area contributed by atoms with Crippen molar-refractivity contribution in [3.63, 3.8) is 0 Å². The van der Waals surface area contributed by atoms with Crippen LogP contribution in [0.25, 0.3) is 0 Å². The Morgan fingerprint density at radius 3 is 3.23 bits per heavy atom. The summed E-state index contributed by atoms with van der Waals surface area (Å²) < 4.78 is 11.1. The molecular weight excluding hydrogens is 184 g/mol. The summed E-state index contributed by atoms with van der Waals surface area (Å²) in [4.78, 5) is 1.27. The largest absolute Gasteiger partial charge is 0.353 e. The maximum absolute atomic E-state index is 5.62. The van der Waals surface area contributed by atoms with Crippen LogP contribution in [0.3, 0.4) is 0 Å². The molecule has 2 heterocycles. The van der Waals surface area contributed by atoms with Crippen LogP contribution < -0.4 is 0 Å². The van der Waals surface area contributed by atoms with Crippen LogP contribution in [0.2, 0.25) is 0 Å². The van der Waals surface area contributed by atoms with Gasteiger partial charge in [0.2, 0.25) is 0 Å². The van der Waals surface area contributed by atoms with E-state index in [0.29, 0.717) is 6.61 Å². The van der Waals surface area contributed by atoms with E-state index in [1.165, 1.54) is 17.7 Å². The predicted octanol–water partition coefficient (Wildman–Crippen LogP) is 2.79. The highest BCUT2D eigenvalue weighted by molar-refractivity contribution is 7.09. The van der Waals surface area contributed by atoms with Gasteiger partial charge in [-0.25, -0.2) is 0 Å². The van der Waals surface area contributed by atoms with Crippen LogP contribution in [0, 0.1) is 0 Å². The first-order valence-electron chi connectivity index (χ1n) is 4.71. The van der Waals surface area contributed by atoms with Crippen LogP contribution in [-0.2, 0) is 16.1 Å². The van der Waals surface area contributed by atoms with Crippen molar-refractivity contribution >= 4 is 11.3 Å². The van der Waals surface area contributed by atoms with E-state index in [4.69, 9.17) is 9.47 Å². The van der Waals surface area contributed by atoms with Crippen molar-refractivity contribution in [3.05, 3.63) is 22.4 Å². The van der Waals surface area contributed by atoms with Gasteiger partial charge in [0.15, 0.2) is 6.29 Å². The van der Waals surface area contributed by atoms with Gasteiger partial charge in [0.1, 0.15) is 0 Å². The van der Waals surface area contributed by atoms with Crippen molar-refractivity contribution in [2.75, 3.05) is 6.61 Å². The van der Waals surface area contributed by atoms with Gasteiger partial charge in [0.05, 0.1) is 6.61 Å². The first-order chi connectivity index (χ1) is 6.45. The van der Waals surface area contributed by atoms with Crippen LogP contribution >= 0.6 is 11.3 Å². The number of rotatable bonds is 3. The molecule has 0 bridgehead atoms. The number of thiophene rings is 1. The van der Waals surface area contributed by atoms with E-state index < -0.39 is 0 Å². The lowest BCUT2D eigenvalue weighted by atomic mass is 10.2. The Morgan fingerprint density at radius 1 is 1.54 bits per heavy atom. The van der Waals surface area contributed by atoms with Crippen molar-refractivity contribution in [1.29, 1.82) is 0 Å². The Kier molecular flexibility index (Phi) is 3.35. The predicted molar refractivity (Wildman–Crippen MR) is 52.7 cm³/mol. The van der Waals surface area contributed by atoms with Crippen molar-refractivity contribution in [2.45, 2.75) is 32.2 Å². The van der Waals surface area contributed by atoms with Crippen LogP contribution in [0.15, 0.2) is 17.5 Å². The molecule has 2 nitrogen and oxygen atoms in total. The Hall–Kier alpha value is -0.380. The highest BCUT2D eigenvalue weighted by Crippen LogP contribution is 2.17. The number of ether oxygens (including phenoxy) is 2. The summed E-state index contributed by atoms with van der Waals surface area (Å²) in [7, 11) is 0. The molecule has 1 atom stereocenters. The zero-order chi connectivity index (χ0) is 8.93. The molecule has 72 valence electrons. The van der Waals surface area contributed by atoms with E-state index in [1.54, 1.807) is 11.3 Å². The Bertz CT molecular complexity index is 227. The molecule has 0 N–H and O–H groups in total. The van der Waals surface area contributed by atoms with E-state index in [1.807, 2.05) is 6.07 Å².